The number of halogens is 1. The fourth-order valence-corrected chi connectivity index (χ4v) is 3.02. The number of carbonyl (C=O) groups excluding carboxylic acids is 1. The molecule has 0 heterocycles. The van der Waals surface area contributed by atoms with E-state index in [1.165, 1.54) is 11.1 Å². The Balaban J connectivity index is 0.00000338. The van der Waals surface area contributed by atoms with E-state index in [9.17, 15) is 4.79 Å². The molecule has 3 N–H and O–H groups in total. The summed E-state index contributed by atoms with van der Waals surface area (Å²) < 4.78 is 5.48. The van der Waals surface area contributed by atoms with Gasteiger partial charge in [-0.3, -0.25) is 4.79 Å². The van der Waals surface area contributed by atoms with Crippen LogP contribution in [-0.2, 0) is 9.53 Å². The van der Waals surface area contributed by atoms with Gasteiger partial charge in [0.25, 0.3) is 0 Å². The van der Waals surface area contributed by atoms with Gasteiger partial charge in [-0.15, -0.1) is 24.0 Å². The molecule has 1 aliphatic carbocycles. The Morgan fingerprint density at radius 3 is 2.31 bits per heavy atom. The summed E-state index contributed by atoms with van der Waals surface area (Å²) in [7, 11) is 0. The molecule has 0 radical (unpaired) electrons. The van der Waals surface area contributed by atoms with Crippen LogP contribution in [-0.4, -0.2) is 23.6 Å². The molecule has 146 valence electrons. The number of aryl methyl sites for hydroxylation is 2. The third kappa shape index (κ3) is 7.13. The van der Waals surface area contributed by atoms with Crippen LogP contribution in [0.3, 0.4) is 0 Å². The molecule has 1 aliphatic rings. The predicted molar refractivity (Wildman–Crippen MR) is 118 cm³/mol. The van der Waals surface area contributed by atoms with Gasteiger partial charge in [-0.2, -0.15) is 0 Å². The van der Waals surface area contributed by atoms with Crippen molar-refractivity contribution < 1.29 is 9.53 Å². The first-order chi connectivity index (χ1) is 11.6. The highest BCUT2D eigenvalue weighted by Crippen LogP contribution is 2.28. The minimum Gasteiger partial charge on any atom is -0.460 e. The second-order valence-electron chi connectivity index (χ2n) is 7.98. The van der Waals surface area contributed by atoms with Crippen molar-refractivity contribution in [3.05, 3.63) is 29.3 Å². The molecular weight excluding hydrogens is 441 g/mol. The van der Waals surface area contributed by atoms with E-state index in [2.05, 4.69) is 36.3 Å². The molecule has 5 nitrogen and oxygen atoms in total. The van der Waals surface area contributed by atoms with Crippen molar-refractivity contribution in [1.29, 1.82) is 0 Å². The number of anilines is 1. The van der Waals surface area contributed by atoms with Gasteiger partial charge in [-0.25, -0.2) is 4.99 Å². The van der Waals surface area contributed by atoms with Crippen LogP contribution < -0.4 is 11.1 Å². The van der Waals surface area contributed by atoms with E-state index in [0.29, 0.717) is 5.96 Å². The second kappa shape index (κ2) is 9.58. The number of carbonyl (C=O) groups is 1. The number of ether oxygens (including phenoxy) is 1. The zero-order valence-electron chi connectivity index (χ0n) is 16.5. The van der Waals surface area contributed by atoms with Crippen molar-refractivity contribution in [2.45, 2.75) is 71.9 Å². The fourth-order valence-electron chi connectivity index (χ4n) is 3.02. The largest absolute Gasteiger partial charge is 0.460 e. The SMILES string of the molecule is Cc1ccc(NC(N)=NC2CCC(C(=O)OC(C)(C)C)CC2)cc1C.I. The summed E-state index contributed by atoms with van der Waals surface area (Å²) in [5, 5.41) is 3.16. The highest BCUT2D eigenvalue weighted by atomic mass is 127. The van der Waals surface area contributed by atoms with Crippen molar-refractivity contribution in [3.8, 4) is 0 Å². The lowest BCUT2D eigenvalue weighted by atomic mass is 9.86. The van der Waals surface area contributed by atoms with E-state index in [1.54, 1.807) is 0 Å². The van der Waals surface area contributed by atoms with Crippen LogP contribution in [0.4, 0.5) is 5.69 Å². The van der Waals surface area contributed by atoms with Gasteiger partial charge in [0.15, 0.2) is 5.96 Å². The average Bonchev–Trinajstić information content (AvgIpc) is 2.50. The third-order valence-corrected chi connectivity index (χ3v) is 4.54. The molecule has 1 aromatic rings. The number of esters is 1. The average molecular weight is 473 g/mol. The van der Waals surface area contributed by atoms with Crippen molar-refractivity contribution in [2.24, 2.45) is 16.6 Å². The highest BCUT2D eigenvalue weighted by Gasteiger charge is 2.29. The summed E-state index contributed by atoms with van der Waals surface area (Å²) in [6, 6.07) is 6.30. The number of hydrogen-bond acceptors (Lipinski definition) is 3. The lowest BCUT2D eigenvalue weighted by Crippen LogP contribution is -2.32. The molecular formula is C20H32IN3O2. The number of nitrogens with zero attached hydrogens (tertiary/aromatic N) is 1. The monoisotopic (exact) mass is 473 g/mol. The lowest BCUT2D eigenvalue weighted by molar-refractivity contribution is -0.161. The summed E-state index contributed by atoms with van der Waals surface area (Å²) in [5.74, 6) is 0.333. The molecule has 0 aliphatic heterocycles. The van der Waals surface area contributed by atoms with E-state index < -0.39 is 5.60 Å². The maximum absolute atomic E-state index is 12.1. The molecule has 2 rings (SSSR count). The Bertz CT molecular complexity index is 645. The maximum atomic E-state index is 12.1. The summed E-state index contributed by atoms with van der Waals surface area (Å²) >= 11 is 0. The van der Waals surface area contributed by atoms with E-state index in [0.717, 1.165) is 31.4 Å². The van der Waals surface area contributed by atoms with E-state index in [1.807, 2.05) is 26.8 Å². The van der Waals surface area contributed by atoms with Gasteiger partial charge in [-0.05, 0) is 83.6 Å². The van der Waals surface area contributed by atoms with Gasteiger partial charge in [0.05, 0.1) is 12.0 Å². The molecule has 1 fully saturated rings. The zero-order chi connectivity index (χ0) is 18.6. The molecule has 0 spiro atoms. The Morgan fingerprint density at radius 2 is 1.77 bits per heavy atom. The van der Waals surface area contributed by atoms with Crippen LogP contribution in [0.5, 0.6) is 0 Å². The second-order valence-corrected chi connectivity index (χ2v) is 7.98. The maximum Gasteiger partial charge on any atom is 0.309 e. The van der Waals surface area contributed by atoms with Gasteiger partial charge in [0.2, 0.25) is 0 Å². The summed E-state index contributed by atoms with van der Waals surface area (Å²) in [6.07, 6.45) is 3.33. The molecule has 0 bridgehead atoms. The topological polar surface area (TPSA) is 76.7 Å². The highest BCUT2D eigenvalue weighted by molar-refractivity contribution is 14.0. The summed E-state index contributed by atoms with van der Waals surface area (Å²) in [4.78, 5) is 16.7. The smallest absolute Gasteiger partial charge is 0.309 e. The molecule has 0 saturated heterocycles. The van der Waals surface area contributed by atoms with Crippen LogP contribution in [0.15, 0.2) is 23.2 Å². The normalized spacial score (nSPS) is 20.9. The quantitative estimate of drug-likeness (QED) is 0.292. The molecule has 0 amide bonds. The molecule has 1 saturated carbocycles. The van der Waals surface area contributed by atoms with Gasteiger partial charge in [0, 0.05) is 5.69 Å². The van der Waals surface area contributed by atoms with Crippen molar-refractivity contribution in [2.75, 3.05) is 5.32 Å². The van der Waals surface area contributed by atoms with Crippen molar-refractivity contribution in [3.63, 3.8) is 0 Å². The van der Waals surface area contributed by atoms with Crippen LogP contribution >= 0.6 is 24.0 Å². The van der Waals surface area contributed by atoms with Crippen LogP contribution in [0, 0.1) is 19.8 Å². The van der Waals surface area contributed by atoms with Crippen molar-refractivity contribution >= 4 is 41.6 Å². The first-order valence-corrected chi connectivity index (χ1v) is 9.04. The minimum atomic E-state index is -0.424. The number of hydrogen-bond donors (Lipinski definition) is 2. The number of benzene rings is 1. The Hall–Kier alpha value is -1.31. The third-order valence-electron chi connectivity index (χ3n) is 4.54. The first kappa shape index (κ1) is 22.7. The van der Waals surface area contributed by atoms with Crippen LogP contribution in [0.2, 0.25) is 0 Å². The molecule has 26 heavy (non-hydrogen) atoms. The first-order valence-electron chi connectivity index (χ1n) is 9.04. The molecule has 0 aromatic heterocycles. The van der Waals surface area contributed by atoms with E-state index in [4.69, 9.17) is 10.5 Å². The fraction of sp³-hybridized carbons (Fsp3) is 0.600. The molecule has 0 unspecified atom stereocenters. The number of aliphatic imine (C=N–C) groups is 1. The predicted octanol–water partition coefficient (Wildman–Crippen LogP) is 4.55. The van der Waals surface area contributed by atoms with Gasteiger partial charge >= 0.3 is 5.97 Å². The lowest BCUT2D eigenvalue weighted by Gasteiger charge is -2.28. The number of nitrogens with one attached hydrogen (secondary N) is 1. The zero-order valence-corrected chi connectivity index (χ0v) is 18.8. The summed E-state index contributed by atoms with van der Waals surface area (Å²) in [5.41, 5.74) is 9.05. The number of guanidine groups is 1. The Morgan fingerprint density at radius 1 is 1.15 bits per heavy atom. The van der Waals surface area contributed by atoms with Gasteiger partial charge < -0.3 is 15.8 Å². The van der Waals surface area contributed by atoms with Gasteiger partial charge in [0.1, 0.15) is 5.60 Å². The molecule has 6 heteroatoms. The molecule has 1 aromatic carbocycles. The van der Waals surface area contributed by atoms with Crippen molar-refractivity contribution in [1.82, 2.24) is 0 Å². The Kier molecular flexibility index (Phi) is 8.37. The van der Waals surface area contributed by atoms with Crippen LogP contribution in [0.25, 0.3) is 0 Å². The van der Waals surface area contributed by atoms with Gasteiger partial charge in [-0.1, -0.05) is 6.07 Å². The Labute approximate surface area is 174 Å². The molecule has 0 atom stereocenters. The van der Waals surface area contributed by atoms with Crippen LogP contribution in [0.1, 0.15) is 57.6 Å². The number of rotatable bonds is 3. The van der Waals surface area contributed by atoms with E-state index in [-0.39, 0.29) is 41.9 Å². The van der Waals surface area contributed by atoms with E-state index >= 15 is 0 Å². The summed E-state index contributed by atoms with van der Waals surface area (Å²) in [6.45, 7) is 9.87. The number of nitrogens with two attached hydrogens (primary N) is 1. The standard InChI is InChI=1S/C20H31N3O2.HI/c1-13-6-9-17(12-14(13)2)23-19(21)22-16-10-7-15(8-11-16)18(24)25-20(3,4)5;/h6,9,12,15-16H,7-8,10-11H2,1-5H3,(H3,21,22,23);1H. The minimum absolute atomic E-state index is 0.